The van der Waals surface area contributed by atoms with Crippen LogP contribution in [0, 0.1) is 0 Å². The Hall–Kier alpha value is -1.78. The molecule has 0 aliphatic heterocycles. The van der Waals surface area contributed by atoms with Gasteiger partial charge in [0.1, 0.15) is 0 Å². The van der Waals surface area contributed by atoms with E-state index < -0.39 is 0 Å². The predicted octanol–water partition coefficient (Wildman–Crippen LogP) is 2.37. The van der Waals surface area contributed by atoms with Gasteiger partial charge in [-0.3, -0.25) is 4.79 Å². The van der Waals surface area contributed by atoms with E-state index in [4.69, 9.17) is 11.6 Å². The smallest absolute Gasteiger partial charge is 0.246 e. The van der Waals surface area contributed by atoms with Crippen molar-refractivity contribution in [3.05, 3.63) is 47.7 Å². The number of benzene rings is 1. The number of halogens is 1. The number of H-pyrrole nitrogens is 1. The van der Waals surface area contributed by atoms with Gasteiger partial charge in [0, 0.05) is 28.6 Å². The van der Waals surface area contributed by atoms with Gasteiger partial charge in [-0.1, -0.05) is 24.3 Å². The number of para-hydroxylation sites is 1. The van der Waals surface area contributed by atoms with Gasteiger partial charge in [-0.25, -0.2) is 0 Å². The third-order valence-electron chi connectivity index (χ3n) is 3.44. The fourth-order valence-electron chi connectivity index (χ4n) is 2.23. The summed E-state index contributed by atoms with van der Waals surface area (Å²) in [6.45, 7) is 1.59. The number of aromatic nitrogens is 1. The minimum atomic E-state index is -0.324. The number of hydrogen-bond acceptors (Lipinski definition) is 2. The largest absolute Gasteiger partial charge is 0.394 e. The molecule has 0 aliphatic rings. The van der Waals surface area contributed by atoms with Gasteiger partial charge in [0.15, 0.2) is 0 Å². The molecular weight excluding hydrogens is 288 g/mol. The molecule has 1 heterocycles. The molecule has 0 saturated carbocycles. The lowest BCUT2D eigenvalue weighted by molar-refractivity contribution is -0.118. The number of aliphatic hydroxyl groups excluding tert-OH is 1. The molecule has 1 aromatic carbocycles. The van der Waals surface area contributed by atoms with Crippen molar-refractivity contribution in [2.24, 2.45) is 0 Å². The molecule has 2 rings (SSSR count). The van der Waals surface area contributed by atoms with Crippen LogP contribution in [0.25, 0.3) is 10.9 Å². The molecule has 1 atom stereocenters. The Bertz CT molecular complexity index is 649. The number of aliphatic hydroxyl groups is 1. The number of hydrogen-bond donors (Lipinski definition) is 3. The van der Waals surface area contributed by atoms with Gasteiger partial charge in [0.2, 0.25) is 5.91 Å². The molecule has 5 heteroatoms. The number of nitrogens with one attached hydrogen (secondary N) is 2. The summed E-state index contributed by atoms with van der Waals surface area (Å²) in [5, 5.41) is 13.4. The van der Waals surface area contributed by atoms with E-state index >= 15 is 0 Å². The van der Waals surface area contributed by atoms with E-state index in [-0.39, 0.29) is 18.6 Å². The molecule has 3 N–H and O–H groups in total. The van der Waals surface area contributed by atoms with E-state index in [1.165, 1.54) is 0 Å². The number of rotatable bonds is 6. The summed E-state index contributed by atoms with van der Waals surface area (Å²) >= 11 is 5.58. The van der Waals surface area contributed by atoms with Gasteiger partial charge in [0.25, 0.3) is 0 Å². The van der Waals surface area contributed by atoms with E-state index in [0.717, 1.165) is 16.5 Å². The van der Waals surface area contributed by atoms with Crippen LogP contribution in [0.15, 0.2) is 42.1 Å². The number of fused-ring (bicyclic) bond motifs is 1. The van der Waals surface area contributed by atoms with Crippen molar-refractivity contribution >= 4 is 28.4 Å². The second-order valence-electron chi connectivity index (χ2n) is 4.96. The van der Waals surface area contributed by atoms with Crippen LogP contribution in [-0.4, -0.2) is 34.5 Å². The van der Waals surface area contributed by atoms with Crippen LogP contribution in [0.5, 0.6) is 0 Å². The number of alkyl halides is 1. The van der Waals surface area contributed by atoms with E-state index in [1.54, 1.807) is 13.0 Å². The van der Waals surface area contributed by atoms with Gasteiger partial charge < -0.3 is 15.4 Å². The normalized spacial score (nSPS) is 13.4. The second kappa shape index (κ2) is 7.29. The topological polar surface area (TPSA) is 65.1 Å². The minimum Gasteiger partial charge on any atom is -0.394 e. The Morgan fingerprint density at radius 2 is 2.24 bits per heavy atom. The molecular formula is C16H19ClN2O2. The average molecular weight is 307 g/mol. The molecule has 4 nitrogen and oxygen atoms in total. The number of amides is 1. The number of aromatic amines is 1. The highest BCUT2D eigenvalue weighted by Gasteiger charge is 2.15. The Balaban J connectivity index is 2.09. The Kier molecular flexibility index (Phi) is 5.42. The van der Waals surface area contributed by atoms with E-state index in [2.05, 4.69) is 10.3 Å². The lowest BCUT2D eigenvalue weighted by Crippen LogP contribution is -2.39. The second-order valence-corrected chi connectivity index (χ2v) is 5.27. The third-order valence-corrected chi connectivity index (χ3v) is 3.59. The van der Waals surface area contributed by atoms with Crippen LogP contribution in [0.3, 0.4) is 0 Å². The molecule has 112 valence electrons. The van der Waals surface area contributed by atoms with Gasteiger partial charge in [0.05, 0.1) is 12.6 Å². The molecule has 0 fully saturated rings. The maximum Gasteiger partial charge on any atom is 0.246 e. The maximum atomic E-state index is 11.9. The first-order valence-electron chi connectivity index (χ1n) is 6.85. The van der Waals surface area contributed by atoms with Crippen molar-refractivity contribution in [2.75, 3.05) is 12.5 Å². The molecule has 1 amide bonds. The van der Waals surface area contributed by atoms with Crippen molar-refractivity contribution in [3.63, 3.8) is 0 Å². The molecule has 0 saturated heterocycles. The summed E-state index contributed by atoms with van der Waals surface area (Å²) in [5.74, 6) is 0.0976. The lowest BCUT2D eigenvalue weighted by Gasteiger charge is -2.16. The first kappa shape index (κ1) is 15.6. The van der Waals surface area contributed by atoms with Crippen LogP contribution in [0.2, 0.25) is 0 Å². The van der Waals surface area contributed by atoms with Crippen molar-refractivity contribution in [1.82, 2.24) is 10.3 Å². The van der Waals surface area contributed by atoms with Gasteiger partial charge in [-0.2, -0.15) is 0 Å². The van der Waals surface area contributed by atoms with Crippen LogP contribution < -0.4 is 5.32 Å². The third kappa shape index (κ3) is 3.86. The number of allylic oxidation sites excluding steroid dienone is 1. The minimum absolute atomic E-state index is 0.112. The Labute approximate surface area is 128 Å². The molecule has 0 aliphatic carbocycles. The monoisotopic (exact) mass is 306 g/mol. The quantitative estimate of drug-likeness (QED) is 0.567. The standard InChI is InChI=1S/C16H19ClN2O2/c1-11(6-7-17)16(21)19-13(10-20)8-12-9-18-15-5-3-2-4-14(12)15/h2-6,9,13,18,20H,7-8,10H2,1H3,(H,19,21)/b11-6+/t13-/m0/s1. The zero-order chi connectivity index (χ0) is 15.2. The Morgan fingerprint density at radius 1 is 1.48 bits per heavy atom. The lowest BCUT2D eigenvalue weighted by atomic mass is 10.1. The van der Waals surface area contributed by atoms with E-state index in [1.807, 2.05) is 30.5 Å². The summed E-state index contributed by atoms with van der Waals surface area (Å²) in [5.41, 5.74) is 2.68. The van der Waals surface area contributed by atoms with Crippen LogP contribution in [-0.2, 0) is 11.2 Å². The summed E-state index contributed by atoms with van der Waals surface area (Å²) in [4.78, 5) is 15.1. The fraction of sp³-hybridized carbons (Fsp3) is 0.312. The predicted molar refractivity (Wildman–Crippen MR) is 85.5 cm³/mol. The summed E-state index contributed by atoms with van der Waals surface area (Å²) in [6, 6.07) is 7.64. The summed E-state index contributed by atoms with van der Waals surface area (Å²) < 4.78 is 0. The van der Waals surface area contributed by atoms with E-state index in [0.29, 0.717) is 17.9 Å². The molecule has 0 bridgehead atoms. The first-order chi connectivity index (χ1) is 10.2. The van der Waals surface area contributed by atoms with Gasteiger partial charge in [-0.15, -0.1) is 11.6 Å². The molecule has 0 radical (unpaired) electrons. The summed E-state index contributed by atoms with van der Waals surface area (Å²) in [7, 11) is 0. The van der Waals surface area contributed by atoms with Gasteiger partial charge in [-0.05, 0) is 25.0 Å². The molecule has 0 spiro atoms. The highest BCUT2D eigenvalue weighted by atomic mass is 35.5. The Morgan fingerprint density at radius 3 is 2.95 bits per heavy atom. The number of carbonyl (C=O) groups excluding carboxylic acids is 1. The fourth-order valence-corrected chi connectivity index (χ4v) is 2.47. The van der Waals surface area contributed by atoms with E-state index in [9.17, 15) is 9.90 Å². The highest BCUT2D eigenvalue weighted by Crippen LogP contribution is 2.19. The highest BCUT2D eigenvalue weighted by molar-refractivity contribution is 6.19. The molecule has 0 unspecified atom stereocenters. The zero-order valence-corrected chi connectivity index (χ0v) is 12.7. The molecule has 1 aromatic heterocycles. The van der Waals surface area contributed by atoms with Crippen LogP contribution in [0.4, 0.5) is 0 Å². The summed E-state index contributed by atoms with van der Waals surface area (Å²) in [6.07, 6.45) is 4.14. The SMILES string of the molecule is C/C(=C\CCl)C(=O)N[C@H](CO)Cc1c[nH]c2ccccc12. The maximum absolute atomic E-state index is 11.9. The van der Waals surface area contributed by atoms with Crippen molar-refractivity contribution in [2.45, 2.75) is 19.4 Å². The van der Waals surface area contributed by atoms with Gasteiger partial charge >= 0.3 is 0 Å². The van der Waals surface area contributed by atoms with Crippen LogP contribution >= 0.6 is 11.6 Å². The molecule has 21 heavy (non-hydrogen) atoms. The van der Waals surface area contributed by atoms with Crippen molar-refractivity contribution in [1.29, 1.82) is 0 Å². The average Bonchev–Trinajstić information content (AvgIpc) is 2.90. The zero-order valence-electron chi connectivity index (χ0n) is 11.9. The number of carbonyl (C=O) groups is 1. The van der Waals surface area contributed by atoms with Crippen molar-refractivity contribution < 1.29 is 9.90 Å². The van der Waals surface area contributed by atoms with Crippen LogP contribution in [0.1, 0.15) is 12.5 Å². The van der Waals surface area contributed by atoms with Crippen molar-refractivity contribution in [3.8, 4) is 0 Å². The molecule has 2 aromatic rings. The first-order valence-corrected chi connectivity index (χ1v) is 7.38.